The van der Waals surface area contributed by atoms with Crippen molar-refractivity contribution in [3.05, 3.63) is 50.5 Å². The van der Waals surface area contributed by atoms with Crippen molar-refractivity contribution in [1.82, 2.24) is 0 Å². The number of esters is 1. The lowest BCUT2D eigenvalue weighted by molar-refractivity contribution is -0.384. The molecule has 1 aromatic carbocycles. The first-order valence-corrected chi connectivity index (χ1v) is 6.10. The lowest BCUT2D eigenvalue weighted by atomic mass is 10.1. The molecule has 6 heteroatoms. The largest absolute Gasteiger partial charge is 0.463 e. The van der Waals surface area contributed by atoms with Crippen LogP contribution in [0.25, 0.3) is 0 Å². The van der Waals surface area contributed by atoms with Gasteiger partial charge < -0.3 is 4.74 Å². The van der Waals surface area contributed by atoms with E-state index in [-0.39, 0.29) is 5.69 Å². The molecule has 0 N–H and O–H groups in total. The zero-order valence-corrected chi connectivity index (χ0v) is 11.3. The Bertz CT molecular complexity index is 485. The van der Waals surface area contributed by atoms with Gasteiger partial charge in [0, 0.05) is 22.7 Å². The Hall–Kier alpha value is -1.69. The van der Waals surface area contributed by atoms with Crippen LogP contribution < -0.4 is 0 Å². The number of nitrogens with zero attached hydrogens (tertiary/aromatic N) is 1. The summed E-state index contributed by atoms with van der Waals surface area (Å²) in [6.07, 6.45) is 3.34. The molecule has 18 heavy (non-hydrogen) atoms. The monoisotopic (exact) mass is 313 g/mol. The molecule has 5 nitrogen and oxygen atoms in total. The fraction of sp³-hybridized carbons (Fsp3) is 0.250. The molecular formula is C12H12BrNO4. The highest BCUT2D eigenvalue weighted by Gasteiger charge is 2.08. The van der Waals surface area contributed by atoms with Crippen molar-refractivity contribution in [1.29, 1.82) is 0 Å². The number of ether oxygens (including phenoxy) is 1. The van der Waals surface area contributed by atoms with Crippen LogP contribution in [0.4, 0.5) is 5.69 Å². The van der Waals surface area contributed by atoms with Crippen molar-refractivity contribution in [3.63, 3.8) is 0 Å². The van der Waals surface area contributed by atoms with Gasteiger partial charge >= 0.3 is 5.97 Å². The number of carbonyl (C=O) groups excluding carboxylic acids is 1. The third kappa shape index (κ3) is 4.29. The zero-order chi connectivity index (χ0) is 13.5. The van der Waals surface area contributed by atoms with Gasteiger partial charge in [-0.1, -0.05) is 22.0 Å². The van der Waals surface area contributed by atoms with Crippen LogP contribution in [0.15, 0.2) is 34.8 Å². The van der Waals surface area contributed by atoms with Gasteiger partial charge in [0.1, 0.15) is 0 Å². The number of hydrogen-bond donors (Lipinski definition) is 0. The van der Waals surface area contributed by atoms with E-state index in [0.717, 1.165) is 10.0 Å². The summed E-state index contributed by atoms with van der Waals surface area (Å²) in [5.41, 5.74) is 0.766. The Morgan fingerprint density at radius 2 is 2.28 bits per heavy atom. The molecule has 0 fully saturated rings. The fourth-order valence-electron chi connectivity index (χ4n) is 1.30. The van der Waals surface area contributed by atoms with Crippen LogP contribution in [0.5, 0.6) is 0 Å². The number of benzene rings is 1. The number of hydrogen-bond acceptors (Lipinski definition) is 4. The molecule has 0 saturated carbocycles. The molecule has 0 amide bonds. The van der Waals surface area contributed by atoms with E-state index in [2.05, 4.69) is 15.9 Å². The van der Waals surface area contributed by atoms with Crippen molar-refractivity contribution in [2.75, 3.05) is 6.61 Å². The van der Waals surface area contributed by atoms with Crippen LogP contribution in [0.1, 0.15) is 12.5 Å². The molecule has 0 unspecified atom stereocenters. The summed E-state index contributed by atoms with van der Waals surface area (Å²) < 4.78 is 5.49. The van der Waals surface area contributed by atoms with Gasteiger partial charge in [-0.15, -0.1) is 0 Å². The van der Waals surface area contributed by atoms with Crippen LogP contribution in [0.2, 0.25) is 0 Å². The number of halogens is 1. The van der Waals surface area contributed by atoms with Gasteiger partial charge in [-0.05, 0) is 25.0 Å². The van der Waals surface area contributed by atoms with Gasteiger partial charge in [0.15, 0.2) is 0 Å². The Morgan fingerprint density at radius 1 is 1.56 bits per heavy atom. The summed E-state index contributed by atoms with van der Waals surface area (Å²) in [7, 11) is 0. The third-order valence-electron chi connectivity index (χ3n) is 2.12. The second kappa shape index (κ2) is 6.90. The third-order valence-corrected chi connectivity index (χ3v) is 2.89. The molecule has 0 aliphatic heterocycles. The summed E-state index contributed by atoms with van der Waals surface area (Å²) in [5, 5.41) is 10.6. The predicted octanol–water partition coefficient (Wildman–Crippen LogP) is 3.02. The Labute approximate surface area is 113 Å². The highest BCUT2D eigenvalue weighted by molar-refractivity contribution is 9.10. The zero-order valence-electron chi connectivity index (χ0n) is 9.76. The van der Waals surface area contributed by atoms with Crippen LogP contribution in [-0.4, -0.2) is 17.5 Å². The van der Waals surface area contributed by atoms with Gasteiger partial charge in [0.05, 0.1) is 11.5 Å². The average molecular weight is 314 g/mol. The van der Waals surface area contributed by atoms with Crippen LogP contribution in [0.3, 0.4) is 0 Å². The number of nitro groups is 1. The van der Waals surface area contributed by atoms with E-state index in [4.69, 9.17) is 4.74 Å². The van der Waals surface area contributed by atoms with E-state index in [1.807, 2.05) is 0 Å². The minimum absolute atomic E-state index is 0.0257. The second-order valence-corrected chi connectivity index (χ2v) is 4.25. The van der Waals surface area contributed by atoms with Crippen molar-refractivity contribution >= 4 is 27.6 Å². The molecule has 0 bridgehead atoms. The van der Waals surface area contributed by atoms with Gasteiger partial charge in [-0.2, -0.15) is 0 Å². The average Bonchev–Trinajstić information content (AvgIpc) is 2.31. The molecule has 96 valence electrons. The second-order valence-electron chi connectivity index (χ2n) is 3.39. The van der Waals surface area contributed by atoms with E-state index in [0.29, 0.717) is 13.0 Å². The summed E-state index contributed by atoms with van der Waals surface area (Å²) >= 11 is 3.30. The van der Waals surface area contributed by atoms with Gasteiger partial charge in [0.25, 0.3) is 5.69 Å². The maximum atomic E-state index is 11.1. The molecule has 0 heterocycles. The summed E-state index contributed by atoms with van der Waals surface area (Å²) in [6, 6.07) is 4.51. The molecule has 0 atom stereocenters. The fourth-order valence-corrected chi connectivity index (χ4v) is 1.71. The molecule has 0 spiro atoms. The molecule has 0 radical (unpaired) electrons. The standard InChI is InChI=1S/C12H12BrNO4/c1-2-18-12(15)5-3-4-9-8-10(14(16)17)6-7-11(9)13/h3,5-8H,2,4H2,1H3/b5-3+. The molecule has 0 aliphatic carbocycles. The molecule has 0 saturated heterocycles. The van der Waals surface area contributed by atoms with Crippen molar-refractivity contribution in [2.45, 2.75) is 13.3 Å². The first kappa shape index (κ1) is 14.4. The maximum Gasteiger partial charge on any atom is 0.330 e. The number of nitro benzene ring substituents is 1. The lowest BCUT2D eigenvalue weighted by Crippen LogP contribution is -1.99. The lowest BCUT2D eigenvalue weighted by Gasteiger charge is -2.01. The van der Waals surface area contributed by atoms with E-state index in [1.54, 1.807) is 19.1 Å². The van der Waals surface area contributed by atoms with Crippen molar-refractivity contribution < 1.29 is 14.5 Å². The van der Waals surface area contributed by atoms with E-state index < -0.39 is 10.9 Å². The predicted molar refractivity (Wildman–Crippen MR) is 70.3 cm³/mol. The Balaban J connectivity index is 2.75. The highest BCUT2D eigenvalue weighted by atomic mass is 79.9. The quantitative estimate of drug-likeness (QED) is 0.362. The molecular weight excluding hydrogens is 302 g/mol. The summed E-state index contributed by atoms with van der Waals surface area (Å²) in [4.78, 5) is 21.2. The van der Waals surface area contributed by atoms with Crippen molar-refractivity contribution in [2.24, 2.45) is 0 Å². The van der Waals surface area contributed by atoms with Crippen LogP contribution >= 0.6 is 15.9 Å². The summed E-state index contributed by atoms with van der Waals surface area (Å²) in [6.45, 7) is 2.05. The molecule has 0 aliphatic rings. The number of carbonyl (C=O) groups is 1. The van der Waals surface area contributed by atoms with Crippen molar-refractivity contribution in [3.8, 4) is 0 Å². The van der Waals surface area contributed by atoms with E-state index in [1.165, 1.54) is 18.2 Å². The van der Waals surface area contributed by atoms with Crippen LogP contribution in [-0.2, 0) is 16.0 Å². The Morgan fingerprint density at radius 3 is 2.89 bits per heavy atom. The number of non-ortho nitro benzene ring substituents is 1. The first-order valence-electron chi connectivity index (χ1n) is 5.30. The minimum atomic E-state index is -0.453. The molecule has 0 aromatic heterocycles. The first-order chi connectivity index (χ1) is 8.54. The van der Waals surface area contributed by atoms with Crippen LogP contribution in [0, 0.1) is 10.1 Å². The van der Waals surface area contributed by atoms with E-state index in [9.17, 15) is 14.9 Å². The topological polar surface area (TPSA) is 69.4 Å². The van der Waals surface area contributed by atoms with Gasteiger partial charge in [0.2, 0.25) is 0 Å². The SMILES string of the molecule is CCOC(=O)/C=C/Cc1cc([N+](=O)[O-])ccc1Br. The molecule has 1 rings (SSSR count). The number of allylic oxidation sites excluding steroid dienone is 1. The minimum Gasteiger partial charge on any atom is -0.463 e. The smallest absolute Gasteiger partial charge is 0.330 e. The van der Waals surface area contributed by atoms with Gasteiger partial charge in [-0.3, -0.25) is 10.1 Å². The van der Waals surface area contributed by atoms with E-state index >= 15 is 0 Å². The summed E-state index contributed by atoms with van der Waals surface area (Å²) in [5.74, 6) is -0.418. The Kier molecular flexibility index (Phi) is 5.51. The maximum absolute atomic E-state index is 11.1. The highest BCUT2D eigenvalue weighted by Crippen LogP contribution is 2.23. The van der Waals surface area contributed by atoms with Gasteiger partial charge in [-0.25, -0.2) is 4.79 Å². The normalized spacial score (nSPS) is 10.6. The number of rotatable bonds is 5. The molecule has 1 aromatic rings.